The topological polar surface area (TPSA) is 73.1 Å². The first-order valence-electron chi connectivity index (χ1n) is 7.05. The summed E-state index contributed by atoms with van der Waals surface area (Å²) < 4.78 is 7.18. The molecule has 0 aliphatic carbocycles. The van der Waals surface area contributed by atoms with Crippen molar-refractivity contribution in [2.75, 3.05) is 24.6 Å². The van der Waals surface area contributed by atoms with E-state index in [0.29, 0.717) is 23.7 Å². The molecule has 116 valence electrons. The van der Waals surface area contributed by atoms with Gasteiger partial charge in [0.25, 0.3) is 5.91 Å². The summed E-state index contributed by atoms with van der Waals surface area (Å²) in [6.07, 6.45) is 0. The average Bonchev–Trinajstić information content (AvgIpc) is 2.99. The highest BCUT2D eigenvalue weighted by Gasteiger charge is 2.18. The molecule has 1 saturated heterocycles. The van der Waals surface area contributed by atoms with Crippen LogP contribution < -0.4 is 4.74 Å². The predicted molar refractivity (Wildman–Crippen MR) is 82.8 cm³/mol. The lowest BCUT2D eigenvalue weighted by molar-refractivity contribution is 0.0772. The molecule has 1 fully saturated rings. The second-order valence-corrected chi connectivity index (χ2v) is 6.16. The maximum atomic E-state index is 12.3. The smallest absolute Gasteiger partial charge is 0.253 e. The largest absolute Gasteiger partial charge is 0.486 e. The summed E-state index contributed by atoms with van der Waals surface area (Å²) in [5, 5.41) is 11.1. The van der Waals surface area contributed by atoms with Gasteiger partial charge >= 0.3 is 0 Å². The van der Waals surface area contributed by atoms with Gasteiger partial charge in [0, 0.05) is 37.2 Å². The van der Waals surface area contributed by atoms with Crippen LogP contribution in [0.15, 0.2) is 24.3 Å². The Labute approximate surface area is 132 Å². The summed E-state index contributed by atoms with van der Waals surface area (Å²) in [6.45, 7) is 1.93. The first-order valence-corrected chi connectivity index (χ1v) is 8.20. The molecule has 8 heteroatoms. The molecule has 0 saturated carbocycles. The minimum atomic E-state index is 0.0874. The Bertz CT molecular complexity index is 637. The fourth-order valence-corrected chi connectivity index (χ4v) is 3.06. The monoisotopic (exact) mass is 319 g/mol. The molecule has 0 atom stereocenters. The van der Waals surface area contributed by atoms with Crippen molar-refractivity contribution in [3.63, 3.8) is 0 Å². The third-order valence-corrected chi connectivity index (χ3v) is 4.42. The van der Waals surface area contributed by atoms with Crippen molar-refractivity contribution >= 4 is 17.7 Å². The number of thioether (sulfide) groups is 1. The van der Waals surface area contributed by atoms with Gasteiger partial charge < -0.3 is 9.64 Å². The number of nitrogens with zero attached hydrogens (tertiary/aromatic N) is 5. The first-order chi connectivity index (χ1) is 10.7. The van der Waals surface area contributed by atoms with Gasteiger partial charge in [-0.3, -0.25) is 4.79 Å². The van der Waals surface area contributed by atoms with Gasteiger partial charge in [-0.2, -0.15) is 11.8 Å². The zero-order valence-electron chi connectivity index (χ0n) is 12.3. The van der Waals surface area contributed by atoms with Gasteiger partial charge in [-0.05, 0) is 34.7 Å². The van der Waals surface area contributed by atoms with Gasteiger partial charge in [-0.1, -0.05) is 0 Å². The van der Waals surface area contributed by atoms with Gasteiger partial charge in [0.15, 0.2) is 5.82 Å². The van der Waals surface area contributed by atoms with Crippen molar-refractivity contribution in [2.24, 2.45) is 7.05 Å². The lowest BCUT2D eigenvalue weighted by Crippen LogP contribution is -2.37. The van der Waals surface area contributed by atoms with E-state index in [0.717, 1.165) is 24.6 Å². The Kier molecular flexibility index (Phi) is 4.57. The van der Waals surface area contributed by atoms with Crippen LogP contribution in [0.25, 0.3) is 0 Å². The van der Waals surface area contributed by atoms with Crippen LogP contribution in [0.2, 0.25) is 0 Å². The molecule has 7 nitrogen and oxygen atoms in total. The number of rotatable bonds is 4. The molecule has 0 N–H and O–H groups in total. The molecule has 22 heavy (non-hydrogen) atoms. The van der Waals surface area contributed by atoms with Gasteiger partial charge in [-0.15, -0.1) is 5.10 Å². The molecule has 0 unspecified atom stereocenters. The zero-order valence-corrected chi connectivity index (χ0v) is 13.1. The number of aryl methyl sites for hydroxylation is 1. The summed E-state index contributed by atoms with van der Waals surface area (Å²) in [5.74, 6) is 3.45. The van der Waals surface area contributed by atoms with Crippen molar-refractivity contribution in [2.45, 2.75) is 6.61 Å². The number of tetrazole rings is 1. The third kappa shape index (κ3) is 3.38. The maximum absolute atomic E-state index is 12.3. The number of hydrogen-bond acceptors (Lipinski definition) is 6. The van der Waals surface area contributed by atoms with E-state index in [1.807, 2.05) is 16.7 Å². The number of aromatic nitrogens is 4. The third-order valence-electron chi connectivity index (χ3n) is 3.48. The summed E-state index contributed by atoms with van der Waals surface area (Å²) in [4.78, 5) is 14.2. The Morgan fingerprint density at radius 1 is 1.27 bits per heavy atom. The minimum absolute atomic E-state index is 0.0874. The summed E-state index contributed by atoms with van der Waals surface area (Å²) in [5.41, 5.74) is 0.694. The van der Waals surface area contributed by atoms with Crippen LogP contribution in [-0.2, 0) is 13.7 Å². The van der Waals surface area contributed by atoms with Gasteiger partial charge in [0.2, 0.25) is 0 Å². The Morgan fingerprint density at radius 3 is 2.64 bits per heavy atom. The van der Waals surface area contributed by atoms with Crippen LogP contribution in [0, 0.1) is 0 Å². The quantitative estimate of drug-likeness (QED) is 0.836. The number of ether oxygens (including phenoxy) is 1. The molecule has 1 aromatic heterocycles. The van der Waals surface area contributed by atoms with Crippen LogP contribution in [0.1, 0.15) is 16.2 Å². The molecule has 0 radical (unpaired) electrons. The van der Waals surface area contributed by atoms with E-state index in [2.05, 4.69) is 15.5 Å². The zero-order chi connectivity index (χ0) is 15.4. The molecule has 1 aliphatic rings. The van der Waals surface area contributed by atoms with Crippen LogP contribution in [0.5, 0.6) is 5.75 Å². The van der Waals surface area contributed by atoms with Crippen molar-refractivity contribution < 1.29 is 9.53 Å². The van der Waals surface area contributed by atoms with Crippen molar-refractivity contribution in [3.8, 4) is 5.75 Å². The lowest BCUT2D eigenvalue weighted by atomic mass is 10.2. The Hall–Kier alpha value is -2.09. The Balaban J connectivity index is 1.60. The molecule has 0 bridgehead atoms. The maximum Gasteiger partial charge on any atom is 0.253 e. The highest BCUT2D eigenvalue weighted by molar-refractivity contribution is 7.99. The molecular weight excluding hydrogens is 302 g/mol. The number of carbonyl (C=O) groups excluding carboxylic acids is 1. The van der Waals surface area contributed by atoms with Crippen LogP contribution in [0.4, 0.5) is 0 Å². The second kappa shape index (κ2) is 6.78. The van der Waals surface area contributed by atoms with Crippen molar-refractivity contribution in [1.29, 1.82) is 0 Å². The van der Waals surface area contributed by atoms with E-state index in [4.69, 9.17) is 4.74 Å². The summed E-state index contributed by atoms with van der Waals surface area (Å²) >= 11 is 1.89. The van der Waals surface area contributed by atoms with Crippen LogP contribution >= 0.6 is 11.8 Å². The fraction of sp³-hybridized carbons (Fsp3) is 0.429. The normalized spacial score (nSPS) is 14.9. The summed E-state index contributed by atoms with van der Waals surface area (Å²) in [7, 11) is 1.76. The Morgan fingerprint density at radius 2 is 2.00 bits per heavy atom. The number of amides is 1. The van der Waals surface area contributed by atoms with Crippen molar-refractivity contribution in [3.05, 3.63) is 35.7 Å². The van der Waals surface area contributed by atoms with Crippen molar-refractivity contribution in [1.82, 2.24) is 25.1 Å². The first kappa shape index (κ1) is 14.8. The van der Waals surface area contributed by atoms with E-state index in [9.17, 15) is 4.79 Å². The molecule has 1 aliphatic heterocycles. The number of hydrogen-bond donors (Lipinski definition) is 0. The predicted octanol–water partition coefficient (Wildman–Crippen LogP) is 0.978. The summed E-state index contributed by atoms with van der Waals surface area (Å²) in [6, 6.07) is 7.20. The second-order valence-electron chi connectivity index (χ2n) is 4.94. The number of benzene rings is 1. The molecule has 2 heterocycles. The van der Waals surface area contributed by atoms with E-state index in [-0.39, 0.29) is 5.91 Å². The van der Waals surface area contributed by atoms with E-state index >= 15 is 0 Å². The van der Waals surface area contributed by atoms with Crippen LogP contribution in [0.3, 0.4) is 0 Å². The van der Waals surface area contributed by atoms with Gasteiger partial charge in [-0.25, -0.2) is 4.68 Å². The van der Waals surface area contributed by atoms with E-state index < -0.39 is 0 Å². The highest BCUT2D eigenvalue weighted by Crippen LogP contribution is 2.17. The molecule has 0 spiro atoms. The van der Waals surface area contributed by atoms with Gasteiger partial charge in [0.05, 0.1) is 0 Å². The molecule has 1 amide bonds. The molecule has 2 aromatic rings. The lowest BCUT2D eigenvalue weighted by Gasteiger charge is -2.26. The molecule has 1 aromatic carbocycles. The number of carbonyl (C=O) groups is 1. The average molecular weight is 319 g/mol. The molecule has 3 rings (SSSR count). The SMILES string of the molecule is Cn1nnnc1COc1ccc(C(=O)N2CCSCC2)cc1. The van der Waals surface area contributed by atoms with E-state index in [1.165, 1.54) is 0 Å². The standard InChI is InChI=1S/C14H17N5O2S/c1-18-13(15-16-17-18)10-21-12-4-2-11(3-5-12)14(20)19-6-8-22-9-7-19/h2-5H,6-10H2,1H3. The fourth-order valence-electron chi connectivity index (χ4n) is 2.16. The minimum Gasteiger partial charge on any atom is -0.486 e. The highest BCUT2D eigenvalue weighted by atomic mass is 32.2. The van der Waals surface area contributed by atoms with Gasteiger partial charge in [0.1, 0.15) is 12.4 Å². The molecular formula is C14H17N5O2S. The van der Waals surface area contributed by atoms with Crippen LogP contribution in [-0.4, -0.2) is 55.6 Å². The van der Waals surface area contributed by atoms with E-state index in [1.54, 1.807) is 36.0 Å².